The third-order valence-corrected chi connectivity index (χ3v) is 19.0. The molecular formula is C72H140O17P2. The maximum Gasteiger partial charge on any atom is 0.472 e. The second kappa shape index (κ2) is 64.1. The van der Waals surface area contributed by atoms with Crippen molar-refractivity contribution in [2.75, 3.05) is 39.6 Å². The second-order valence-electron chi connectivity index (χ2n) is 26.7. The first-order chi connectivity index (χ1) is 43.9. The largest absolute Gasteiger partial charge is 0.472 e. The van der Waals surface area contributed by atoms with Crippen LogP contribution in [0.2, 0.25) is 0 Å². The van der Waals surface area contributed by atoms with Crippen LogP contribution < -0.4 is 0 Å². The number of hydrogen-bond acceptors (Lipinski definition) is 15. The molecule has 0 saturated carbocycles. The third kappa shape index (κ3) is 65.1. The summed E-state index contributed by atoms with van der Waals surface area (Å²) < 4.78 is 68.3. The SMILES string of the molecule is CCCCCCCCCCCCCCCCCCCCCC(=O)O[C@H](COC(=O)CCCCCCCCCCC(C)CC)COP(=O)(O)OC[C@@H](O)COP(=O)(O)OC[C@@H](COC(=O)CCCCCCCCCCCC)OC(=O)CCCCCCCCCC(C)C. The van der Waals surface area contributed by atoms with E-state index in [0.717, 1.165) is 95.8 Å². The molecule has 19 heteroatoms. The molecule has 17 nitrogen and oxygen atoms in total. The number of carbonyl (C=O) groups is 4. The van der Waals surface area contributed by atoms with Crippen molar-refractivity contribution < 1.29 is 80.2 Å². The second-order valence-corrected chi connectivity index (χ2v) is 29.6. The van der Waals surface area contributed by atoms with Gasteiger partial charge in [0, 0.05) is 25.7 Å². The summed E-state index contributed by atoms with van der Waals surface area (Å²) in [5.41, 5.74) is 0. The lowest BCUT2D eigenvalue weighted by Gasteiger charge is -2.21. The van der Waals surface area contributed by atoms with E-state index < -0.39 is 97.5 Å². The summed E-state index contributed by atoms with van der Waals surface area (Å²) in [6.07, 6.45) is 50.1. The predicted molar refractivity (Wildman–Crippen MR) is 368 cm³/mol. The van der Waals surface area contributed by atoms with Gasteiger partial charge >= 0.3 is 39.5 Å². The Morgan fingerprint density at radius 3 is 0.835 bits per heavy atom. The number of ether oxygens (including phenoxy) is 4. The molecule has 0 aliphatic rings. The molecule has 0 saturated heterocycles. The number of phosphoric acid groups is 2. The predicted octanol–water partition coefficient (Wildman–Crippen LogP) is 20.8. The zero-order valence-electron chi connectivity index (χ0n) is 59.1. The quantitative estimate of drug-likeness (QED) is 0.0222. The van der Waals surface area contributed by atoms with Crippen LogP contribution in [0, 0.1) is 11.8 Å². The summed E-state index contributed by atoms with van der Waals surface area (Å²) in [6, 6.07) is 0. The van der Waals surface area contributed by atoms with Crippen LogP contribution in [0.3, 0.4) is 0 Å². The standard InChI is InChI=1S/C72H140O17P2/c1-7-10-12-14-16-18-20-21-22-23-24-25-26-27-28-30-38-44-50-56-71(76)88-67(60-83-70(75)55-49-43-37-32-31-35-41-47-53-65(6)9-3)62-86-90(78,79)84-58-66(73)59-85-91(80,81)87-63-68(89-72(77)57-51-45-39-33-34-40-46-52-64(4)5)61-82-69(74)54-48-42-36-29-19-17-15-13-11-8-2/h64-68,73H,7-63H2,1-6H3,(H,78,79)(H,80,81)/t65?,66-,67-,68-/m1/s1. The van der Waals surface area contributed by atoms with Crippen LogP contribution in [0.1, 0.15) is 369 Å². The van der Waals surface area contributed by atoms with E-state index in [1.807, 2.05) is 0 Å². The Morgan fingerprint density at radius 2 is 0.560 bits per heavy atom. The fourth-order valence-electron chi connectivity index (χ4n) is 10.9. The van der Waals surface area contributed by atoms with Crippen molar-refractivity contribution in [1.82, 2.24) is 0 Å². The number of phosphoric ester groups is 2. The summed E-state index contributed by atoms with van der Waals surface area (Å²) in [5, 5.41) is 10.6. The van der Waals surface area contributed by atoms with Crippen LogP contribution in [0.15, 0.2) is 0 Å². The molecule has 0 aromatic carbocycles. The molecule has 0 heterocycles. The molecular weight excluding hydrogens is 1200 g/mol. The van der Waals surface area contributed by atoms with Crippen molar-refractivity contribution in [1.29, 1.82) is 0 Å². The van der Waals surface area contributed by atoms with E-state index in [1.54, 1.807) is 0 Å². The highest BCUT2D eigenvalue weighted by atomic mass is 31.2. The normalized spacial score (nSPS) is 14.4. The number of unbranched alkanes of at least 4 members (excludes halogenated alkanes) is 40. The maximum absolute atomic E-state index is 13.0. The molecule has 91 heavy (non-hydrogen) atoms. The monoisotopic (exact) mass is 1340 g/mol. The maximum atomic E-state index is 13.0. The molecule has 0 bridgehead atoms. The first kappa shape index (κ1) is 89.1. The molecule has 540 valence electrons. The third-order valence-electron chi connectivity index (χ3n) is 17.1. The minimum atomic E-state index is -4.95. The minimum Gasteiger partial charge on any atom is -0.462 e. The van der Waals surface area contributed by atoms with Crippen LogP contribution >= 0.6 is 15.6 Å². The lowest BCUT2D eigenvalue weighted by molar-refractivity contribution is -0.161. The summed E-state index contributed by atoms with van der Waals surface area (Å²) in [6.45, 7) is 9.49. The summed E-state index contributed by atoms with van der Waals surface area (Å²) >= 11 is 0. The summed E-state index contributed by atoms with van der Waals surface area (Å²) in [5.74, 6) is -0.651. The van der Waals surface area contributed by atoms with Gasteiger partial charge in [0.05, 0.1) is 26.4 Å². The molecule has 0 aromatic rings. The van der Waals surface area contributed by atoms with Crippen molar-refractivity contribution in [2.45, 2.75) is 387 Å². The average Bonchev–Trinajstić information content (AvgIpc) is 3.68. The smallest absolute Gasteiger partial charge is 0.462 e. The van der Waals surface area contributed by atoms with Crippen LogP contribution in [0.5, 0.6) is 0 Å². The number of aliphatic hydroxyl groups is 1. The van der Waals surface area contributed by atoms with Gasteiger partial charge in [-0.3, -0.25) is 37.3 Å². The fourth-order valence-corrected chi connectivity index (χ4v) is 12.5. The molecule has 0 aromatic heterocycles. The molecule has 0 rings (SSSR count). The number of rotatable bonds is 71. The van der Waals surface area contributed by atoms with Crippen molar-refractivity contribution in [2.24, 2.45) is 11.8 Å². The summed E-state index contributed by atoms with van der Waals surface area (Å²) in [7, 11) is -9.90. The first-order valence-electron chi connectivity index (χ1n) is 37.5. The first-order valence-corrected chi connectivity index (χ1v) is 40.5. The summed E-state index contributed by atoms with van der Waals surface area (Å²) in [4.78, 5) is 72.6. The highest BCUT2D eigenvalue weighted by Gasteiger charge is 2.30. The van der Waals surface area contributed by atoms with E-state index in [2.05, 4.69) is 41.5 Å². The Bertz CT molecular complexity index is 1770. The molecule has 0 radical (unpaired) electrons. The number of hydrogen-bond donors (Lipinski definition) is 3. The van der Waals surface area contributed by atoms with Crippen LogP contribution in [-0.2, 0) is 65.4 Å². The van der Waals surface area contributed by atoms with Gasteiger partial charge in [-0.05, 0) is 37.5 Å². The van der Waals surface area contributed by atoms with Crippen molar-refractivity contribution in [3.05, 3.63) is 0 Å². The van der Waals surface area contributed by atoms with Crippen LogP contribution in [-0.4, -0.2) is 96.7 Å². The van der Waals surface area contributed by atoms with Crippen LogP contribution in [0.4, 0.5) is 0 Å². The molecule has 0 fully saturated rings. The fraction of sp³-hybridized carbons (Fsp3) is 0.944. The highest BCUT2D eigenvalue weighted by Crippen LogP contribution is 2.45. The molecule has 0 amide bonds. The highest BCUT2D eigenvalue weighted by molar-refractivity contribution is 7.47. The average molecular weight is 1340 g/mol. The molecule has 3 unspecified atom stereocenters. The lowest BCUT2D eigenvalue weighted by Crippen LogP contribution is -2.30. The van der Waals surface area contributed by atoms with Crippen LogP contribution in [0.25, 0.3) is 0 Å². The van der Waals surface area contributed by atoms with E-state index in [1.165, 1.54) is 186 Å². The molecule has 6 atom stereocenters. The Kier molecular flexibility index (Phi) is 62.7. The van der Waals surface area contributed by atoms with Gasteiger partial charge in [0.1, 0.15) is 19.3 Å². The Labute approximate surface area is 556 Å². The van der Waals surface area contributed by atoms with E-state index in [9.17, 15) is 43.2 Å². The van der Waals surface area contributed by atoms with Gasteiger partial charge in [0.15, 0.2) is 12.2 Å². The van der Waals surface area contributed by atoms with Gasteiger partial charge in [0.25, 0.3) is 0 Å². The minimum absolute atomic E-state index is 0.104. The van der Waals surface area contributed by atoms with Crippen molar-refractivity contribution in [3.63, 3.8) is 0 Å². The van der Waals surface area contributed by atoms with E-state index in [4.69, 9.17) is 37.0 Å². The van der Waals surface area contributed by atoms with Crippen molar-refractivity contribution in [3.8, 4) is 0 Å². The zero-order valence-corrected chi connectivity index (χ0v) is 60.9. The topological polar surface area (TPSA) is 237 Å². The van der Waals surface area contributed by atoms with Gasteiger partial charge in [-0.1, -0.05) is 318 Å². The molecule has 0 aliphatic heterocycles. The lowest BCUT2D eigenvalue weighted by atomic mass is 9.99. The molecule has 3 N–H and O–H groups in total. The van der Waals surface area contributed by atoms with E-state index in [0.29, 0.717) is 31.6 Å². The van der Waals surface area contributed by atoms with Gasteiger partial charge in [-0.2, -0.15) is 0 Å². The van der Waals surface area contributed by atoms with Gasteiger partial charge in [-0.25, -0.2) is 9.13 Å². The Balaban J connectivity index is 5.21. The molecule has 0 aliphatic carbocycles. The number of aliphatic hydroxyl groups excluding tert-OH is 1. The number of esters is 4. The Morgan fingerprint density at radius 1 is 0.319 bits per heavy atom. The van der Waals surface area contributed by atoms with Gasteiger partial charge in [0.2, 0.25) is 0 Å². The van der Waals surface area contributed by atoms with E-state index >= 15 is 0 Å². The molecule has 0 spiro atoms. The Hall–Kier alpha value is -1.94. The van der Waals surface area contributed by atoms with Gasteiger partial charge in [-0.15, -0.1) is 0 Å². The van der Waals surface area contributed by atoms with Crippen molar-refractivity contribution >= 4 is 39.5 Å². The van der Waals surface area contributed by atoms with E-state index in [-0.39, 0.29) is 25.7 Å². The number of carbonyl (C=O) groups excluding carboxylic acids is 4. The van der Waals surface area contributed by atoms with Gasteiger partial charge < -0.3 is 33.8 Å². The zero-order chi connectivity index (χ0) is 67.2.